The normalized spacial score (nSPS) is 10.4. The maximum absolute atomic E-state index is 11.2. The van der Waals surface area contributed by atoms with Crippen molar-refractivity contribution in [2.75, 3.05) is 6.61 Å². The monoisotopic (exact) mass is 237 g/mol. The predicted molar refractivity (Wildman–Crippen MR) is 65.0 cm³/mol. The Kier molecular flexibility index (Phi) is 5.46. The second-order valence-corrected chi connectivity index (χ2v) is 3.97. The summed E-state index contributed by atoms with van der Waals surface area (Å²) in [6.07, 6.45) is 2.83. The van der Waals surface area contributed by atoms with Gasteiger partial charge in [-0.1, -0.05) is 0 Å². The van der Waals surface area contributed by atoms with Crippen LogP contribution in [-0.2, 0) is 16.0 Å². The number of carbonyl (C=O) groups excluding carboxylic acids is 1. The third-order valence-electron chi connectivity index (χ3n) is 2.08. The number of ether oxygens (including phenoxy) is 2. The van der Waals surface area contributed by atoms with E-state index in [1.54, 1.807) is 13.1 Å². The molecule has 0 unspecified atom stereocenters. The van der Waals surface area contributed by atoms with Gasteiger partial charge in [0.05, 0.1) is 12.7 Å². The Morgan fingerprint density at radius 1 is 1.47 bits per heavy atom. The first-order valence-corrected chi connectivity index (χ1v) is 5.89. The lowest BCUT2D eigenvalue weighted by Crippen LogP contribution is -2.08. The number of esters is 1. The number of aryl methyl sites for hydroxylation is 1. The van der Waals surface area contributed by atoms with Gasteiger partial charge in [-0.15, -0.1) is 0 Å². The molecule has 0 aliphatic carbocycles. The van der Waals surface area contributed by atoms with Crippen LogP contribution in [0.5, 0.6) is 5.88 Å². The van der Waals surface area contributed by atoms with Crippen molar-refractivity contribution in [1.29, 1.82) is 0 Å². The van der Waals surface area contributed by atoms with Gasteiger partial charge in [0.2, 0.25) is 5.88 Å². The first-order valence-electron chi connectivity index (χ1n) is 5.89. The third-order valence-corrected chi connectivity index (χ3v) is 2.08. The molecule has 0 amide bonds. The maximum Gasteiger partial charge on any atom is 0.306 e. The molecule has 0 saturated carbocycles. The molecule has 0 aliphatic heterocycles. The minimum absolute atomic E-state index is 0.0998. The molecule has 0 atom stereocenters. The van der Waals surface area contributed by atoms with Crippen molar-refractivity contribution in [2.24, 2.45) is 0 Å². The zero-order valence-electron chi connectivity index (χ0n) is 10.6. The van der Waals surface area contributed by atoms with E-state index in [1.165, 1.54) is 0 Å². The summed E-state index contributed by atoms with van der Waals surface area (Å²) in [5.74, 6) is 0.428. The molecule has 17 heavy (non-hydrogen) atoms. The largest absolute Gasteiger partial charge is 0.475 e. The summed E-state index contributed by atoms with van der Waals surface area (Å²) in [4.78, 5) is 15.3. The molecule has 0 aliphatic rings. The standard InChI is InChI=1S/C13H19NO3/c1-4-16-13(15)6-5-11-7-8-14-12(9-11)17-10(2)3/h7-10H,4-6H2,1-3H3. The molecule has 0 spiro atoms. The second kappa shape index (κ2) is 6.89. The Balaban J connectivity index is 2.51. The molecule has 4 nitrogen and oxygen atoms in total. The average Bonchev–Trinajstić information content (AvgIpc) is 2.26. The van der Waals surface area contributed by atoms with E-state index in [-0.39, 0.29) is 12.1 Å². The molecule has 4 heteroatoms. The van der Waals surface area contributed by atoms with Gasteiger partial charge in [-0.3, -0.25) is 4.79 Å². The zero-order valence-corrected chi connectivity index (χ0v) is 10.6. The Hall–Kier alpha value is -1.58. The highest BCUT2D eigenvalue weighted by Gasteiger charge is 2.05. The molecule has 0 radical (unpaired) electrons. The second-order valence-electron chi connectivity index (χ2n) is 3.97. The SMILES string of the molecule is CCOC(=O)CCc1ccnc(OC(C)C)c1. The summed E-state index contributed by atoms with van der Waals surface area (Å²) in [5.41, 5.74) is 1.03. The van der Waals surface area contributed by atoms with Gasteiger partial charge in [0.1, 0.15) is 0 Å². The van der Waals surface area contributed by atoms with Crippen LogP contribution in [0.2, 0.25) is 0 Å². The molecular weight excluding hydrogens is 218 g/mol. The topological polar surface area (TPSA) is 48.4 Å². The van der Waals surface area contributed by atoms with Gasteiger partial charge in [0, 0.05) is 18.7 Å². The Bertz CT molecular complexity index is 363. The summed E-state index contributed by atoms with van der Waals surface area (Å²) >= 11 is 0. The van der Waals surface area contributed by atoms with Gasteiger partial charge in [-0.05, 0) is 38.8 Å². The van der Waals surface area contributed by atoms with Gasteiger partial charge < -0.3 is 9.47 Å². The summed E-state index contributed by atoms with van der Waals surface area (Å²) in [6.45, 7) is 6.13. The Labute approximate surface area is 102 Å². The molecule has 1 rings (SSSR count). The van der Waals surface area contributed by atoms with Crippen LogP contribution < -0.4 is 4.74 Å². The van der Waals surface area contributed by atoms with Crippen LogP contribution in [0.4, 0.5) is 0 Å². The smallest absolute Gasteiger partial charge is 0.306 e. The first-order chi connectivity index (χ1) is 8.11. The van der Waals surface area contributed by atoms with Crippen LogP contribution in [0.25, 0.3) is 0 Å². The van der Waals surface area contributed by atoms with Crippen LogP contribution in [0, 0.1) is 0 Å². The molecule has 1 heterocycles. The summed E-state index contributed by atoms with van der Waals surface area (Å²) in [5, 5.41) is 0. The molecule has 0 N–H and O–H groups in total. The van der Waals surface area contributed by atoms with E-state index >= 15 is 0 Å². The first kappa shape index (κ1) is 13.5. The maximum atomic E-state index is 11.2. The molecule has 0 bridgehead atoms. The predicted octanol–water partition coefficient (Wildman–Crippen LogP) is 2.36. The van der Waals surface area contributed by atoms with E-state index in [1.807, 2.05) is 26.0 Å². The molecule has 94 valence electrons. The van der Waals surface area contributed by atoms with Gasteiger partial charge >= 0.3 is 5.97 Å². The van der Waals surface area contributed by atoms with Crippen molar-refractivity contribution in [3.8, 4) is 5.88 Å². The highest BCUT2D eigenvalue weighted by atomic mass is 16.5. The number of hydrogen-bond acceptors (Lipinski definition) is 4. The summed E-state index contributed by atoms with van der Waals surface area (Å²) < 4.78 is 10.4. The quantitative estimate of drug-likeness (QED) is 0.713. The Morgan fingerprint density at radius 3 is 2.88 bits per heavy atom. The highest BCUT2D eigenvalue weighted by Crippen LogP contribution is 2.12. The number of hydrogen-bond donors (Lipinski definition) is 0. The van der Waals surface area contributed by atoms with E-state index < -0.39 is 0 Å². The average molecular weight is 237 g/mol. The fraction of sp³-hybridized carbons (Fsp3) is 0.538. The zero-order chi connectivity index (χ0) is 12.7. The van der Waals surface area contributed by atoms with E-state index in [2.05, 4.69) is 4.98 Å². The molecule has 1 aromatic rings. The minimum Gasteiger partial charge on any atom is -0.475 e. The number of aromatic nitrogens is 1. The number of nitrogens with zero attached hydrogens (tertiary/aromatic N) is 1. The van der Waals surface area contributed by atoms with Crippen LogP contribution in [0.3, 0.4) is 0 Å². The Morgan fingerprint density at radius 2 is 2.24 bits per heavy atom. The van der Waals surface area contributed by atoms with Crippen molar-refractivity contribution < 1.29 is 14.3 Å². The molecule has 0 aromatic carbocycles. The van der Waals surface area contributed by atoms with Crippen LogP contribution in [0.15, 0.2) is 18.3 Å². The van der Waals surface area contributed by atoms with E-state index in [9.17, 15) is 4.79 Å². The molecular formula is C13H19NO3. The van der Waals surface area contributed by atoms with Crippen molar-refractivity contribution in [2.45, 2.75) is 39.7 Å². The number of pyridine rings is 1. The van der Waals surface area contributed by atoms with Crippen molar-refractivity contribution >= 4 is 5.97 Å². The van der Waals surface area contributed by atoms with Gasteiger partial charge in [0.15, 0.2) is 0 Å². The molecule has 1 aromatic heterocycles. The fourth-order valence-electron chi connectivity index (χ4n) is 1.39. The van der Waals surface area contributed by atoms with Crippen molar-refractivity contribution in [3.05, 3.63) is 23.9 Å². The fourth-order valence-corrected chi connectivity index (χ4v) is 1.39. The third kappa shape index (κ3) is 5.33. The van der Waals surface area contributed by atoms with Crippen molar-refractivity contribution in [1.82, 2.24) is 4.98 Å². The highest BCUT2D eigenvalue weighted by molar-refractivity contribution is 5.69. The summed E-state index contributed by atoms with van der Waals surface area (Å²) in [7, 11) is 0. The van der Waals surface area contributed by atoms with E-state index in [4.69, 9.17) is 9.47 Å². The van der Waals surface area contributed by atoms with Gasteiger partial charge in [-0.2, -0.15) is 0 Å². The van der Waals surface area contributed by atoms with E-state index in [0.717, 1.165) is 5.56 Å². The lowest BCUT2D eigenvalue weighted by Gasteiger charge is -2.09. The van der Waals surface area contributed by atoms with Crippen LogP contribution in [0.1, 0.15) is 32.8 Å². The van der Waals surface area contributed by atoms with Crippen LogP contribution in [-0.4, -0.2) is 23.7 Å². The minimum atomic E-state index is -0.171. The van der Waals surface area contributed by atoms with Gasteiger partial charge in [-0.25, -0.2) is 4.98 Å². The molecule has 0 saturated heterocycles. The molecule has 0 fully saturated rings. The van der Waals surface area contributed by atoms with Gasteiger partial charge in [0.25, 0.3) is 0 Å². The number of rotatable bonds is 6. The van der Waals surface area contributed by atoms with Crippen molar-refractivity contribution in [3.63, 3.8) is 0 Å². The van der Waals surface area contributed by atoms with E-state index in [0.29, 0.717) is 25.3 Å². The summed E-state index contributed by atoms with van der Waals surface area (Å²) in [6, 6.07) is 3.74. The lowest BCUT2D eigenvalue weighted by molar-refractivity contribution is -0.143. The number of carbonyl (C=O) groups is 1. The lowest BCUT2D eigenvalue weighted by atomic mass is 10.1. The van der Waals surface area contributed by atoms with Crippen LogP contribution >= 0.6 is 0 Å².